The molecule has 204 valence electrons. The van der Waals surface area contributed by atoms with Gasteiger partial charge in [-0.3, -0.25) is 0 Å². The third-order valence-corrected chi connectivity index (χ3v) is 9.49. The fourth-order valence-corrected chi connectivity index (χ4v) is 5.74. The van der Waals surface area contributed by atoms with Gasteiger partial charge < -0.3 is 21.1 Å². The van der Waals surface area contributed by atoms with E-state index in [1.54, 1.807) is 20.0 Å². The Balaban J connectivity index is 1.34. The first-order valence-electron chi connectivity index (χ1n) is 13.1. The number of nitrogens with two attached hydrogens (primary N) is 1. The van der Waals surface area contributed by atoms with Gasteiger partial charge in [0.2, 0.25) is 10.0 Å². The highest BCUT2D eigenvalue weighted by Crippen LogP contribution is 2.31. The van der Waals surface area contributed by atoms with E-state index in [1.807, 2.05) is 24.3 Å². The maximum absolute atomic E-state index is 12.0. The molecule has 0 spiro atoms. The molecule has 3 heterocycles. The number of halogens is 1. The van der Waals surface area contributed by atoms with Gasteiger partial charge in [-0.15, -0.1) is 0 Å². The zero-order valence-electron chi connectivity index (χ0n) is 21.7. The van der Waals surface area contributed by atoms with Crippen molar-refractivity contribution in [1.82, 2.24) is 14.7 Å². The van der Waals surface area contributed by atoms with Gasteiger partial charge in [-0.05, 0) is 76.5 Å². The zero-order chi connectivity index (χ0) is 26.5. The number of nitrogens with zero attached hydrogens (tertiary/aromatic N) is 2. The van der Waals surface area contributed by atoms with Crippen LogP contribution >= 0.6 is 11.6 Å². The van der Waals surface area contributed by atoms with E-state index < -0.39 is 15.3 Å². The first-order valence-corrected chi connectivity index (χ1v) is 15.0. The van der Waals surface area contributed by atoms with E-state index in [9.17, 15) is 8.42 Å². The van der Waals surface area contributed by atoms with Gasteiger partial charge in [-0.25, -0.2) is 23.1 Å². The lowest BCUT2D eigenvalue weighted by Crippen LogP contribution is -2.50. The van der Waals surface area contributed by atoms with Crippen LogP contribution < -0.4 is 21.1 Å². The van der Waals surface area contributed by atoms with E-state index in [-0.39, 0.29) is 11.6 Å². The van der Waals surface area contributed by atoms with E-state index in [2.05, 4.69) is 20.3 Å². The molecular weight excluding hydrogens is 512 g/mol. The summed E-state index contributed by atoms with van der Waals surface area (Å²) in [5, 5.41) is 7.05. The van der Waals surface area contributed by atoms with E-state index in [0.717, 1.165) is 61.4 Å². The molecule has 2 aliphatic rings. The molecule has 0 amide bonds. The first kappa shape index (κ1) is 28.0. The summed E-state index contributed by atoms with van der Waals surface area (Å²) in [4.78, 5) is 9.26. The molecule has 1 saturated carbocycles. The molecule has 11 heteroatoms. The Morgan fingerprint density at radius 3 is 2.59 bits per heavy atom. The predicted octanol–water partition coefficient (Wildman–Crippen LogP) is 4.02. The van der Waals surface area contributed by atoms with Crippen molar-refractivity contribution in [2.75, 3.05) is 36.9 Å². The van der Waals surface area contributed by atoms with Crippen LogP contribution in [0.3, 0.4) is 0 Å². The molecule has 1 saturated heterocycles. The summed E-state index contributed by atoms with van der Waals surface area (Å²) in [6.07, 6.45) is 7.13. The number of sulfonamides is 1. The zero-order valence-corrected chi connectivity index (χ0v) is 23.2. The van der Waals surface area contributed by atoms with Gasteiger partial charge in [0.1, 0.15) is 11.6 Å². The molecule has 1 aliphatic carbocycles. The van der Waals surface area contributed by atoms with Crippen LogP contribution in [0.15, 0.2) is 30.5 Å². The highest BCUT2D eigenvalue weighted by atomic mass is 35.5. The van der Waals surface area contributed by atoms with Crippen LogP contribution in [0.1, 0.15) is 52.4 Å². The van der Waals surface area contributed by atoms with Crippen molar-refractivity contribution in [2.24, 2.45) is 11.7 Å². The van der Waals surface area contributed by atoms with Crippen LogP contribution in [-0.2, 0) is 14.8 Å². The van der Waals surface area contributed by atoms with E-state index in [4.69, 9.17) is 27.1 Å². The summed E-state index contributed by atoms with van der Waals surface area (Å²) in [6, 6.07) is 8.05. The fourth-order valence-electron chi connectivity index (χ4n) is 4.74. The quantitative estimate of drug-likeness (QED) is 0.349. The molecule has 0 atom stereocenters. The van der Waals surface area contributed by atoms with Gasteiger partial charge in [0, 0.05) is 49.6 Å². The molecule has 2 fully saturated rings. The fraction of sp³-hybridized carbons (Fsp3) is 0.615. The molecule has 37 heavy (non-hydrogen) atoms. The van der Waals surface area contributed by atoms with E-state index in [1.165, 1.54) is 0 Å². The average molecular weight is 551 g/mol. The van der Waals surface area contributed by atoms with Crippen molar-refractivity contribution in [1.29, 1.82) is 0 Å². The Morgan fingerprint density at radius 2 is 1.89 bits per heavy atom. The molecule has 9 nitrogen and oxygen atoms in total. The molecule has 2 aromatic heterocycles. The van der Waals surface area contributed by atoms with Crippen molar-refractivity contribution in [3.63, 3.8) is 0 Å². The topological polar surface area (TPSA) is 131 Å². The Kier molecular flexibility index (Phi) is 9.29. The Morgan fingerprint density at radius 1 is 1.16 bits per heavy atom. The monoisotopic (exact) mass is 550 g/mol. The van der Waals surface area contributed by atoms with Gasteiger partial charge in [0.25, 0.3) is 0 Å². The number of anilines is 2. The number of hydrogen-bond donors (Lipinski definition) is 4. The molecule has 0 bridgehead atoms. The molecule has 0 aromatic carbocycles. The predicted molar refractivity (Wildman–Crippen MR) is 149 cm³/mol. The SMILES string of the molecule is CC(C)S(=O)(=O)NCC1CCC(Nc2cc(-c3cccc(NCC4(N)CCOCC4)n3)c(Cl)cn2)CC1. The summed E-state index contributed by atoms with van der Waals surface area (Å²) in [5.41, 5.74) is 7.79. The lowest BCUT2D eigenvalue weighted by molar-refractivity contribution is 0.0574. The summed E-state index contributed by atoms with van der Waals surface area (Å²) < 4.78 is 32.3. The Hall–Kier alpha value is -1.98. The van der Waals surface area contributed by atoms with E-state index in [0.29, 0.717) is 37.2 Å². The molecule has 0 radical (unpaired) electrons. The lowest BCUT2D eigenvalue weighted by Gasteiger charge is -2.33. The Labute approximate surface area is 225 Å². The first-order chi connectivity index (χ1) is 17.6. The minimum atomic E-state index is -3.22. The number of hydrogen-bond acceptors (Lipinski definition) is 8. The van der Waals surface area contributed by atoms with Gasteiger partial charge >= 0.3 is 0 Å². The second-order valence-electron chi connectivity index (χ2n) is 10.6. The maximum Gasteiger partial charge on any atom is 0.213 e. The normalized spacial score (nSPS) is 22.1. The van der Waals surface area contributed by atoms with E-state index >= 15 is 0 Å². The third-order valence-electron chi connectivity index (χ3n) is 7.38. The molecule has 0 unspecified atom stereocenters. The second-order valence-corrected chi connectivity index (χ2v) is 13.3. The van der Waals surface area contributed by atoms with Gasteiger partial charge in [0.15, 0.2) is 0 Å². The van der Waals surface area contributed by atoms with Crippen LogP contribution in [-0.4, -0.2) is 61.5 Å². The largest absolute Gasteiger partial charge is 0.381 e. The van der Waals surface area contributed by atoms with Gasteiger partial charge in [-0.1, -0.05) is 17.7 Å². The van der Waals surface area contributed by atoms with Crippen LogP contribution in [0.25, 0.3) is 11.3 Å². The summed E-state index contributed by atoms with van der Waals surface area (Å²) in [6.45, 7) is 5.90. The lowest BCUT2D eigenvalue weighted by atomic mass is 9.86. The number of pyridine rings is 2. The number of aromatic nitrogens is 2. The van der Waals surface area contributed by atoms with Crippen molar-refractivity contribution < 1.29 is 13.2 Å². The van der Waals surface area contributed by atoms with Crippen LogP contribution in [0.4, 0.5) is 11.6 Å². The third kappa shape index (κ3) is 7.77. The Bertz CT molecular complexity index is 1150. The number of rotatable bonds is 10. The highest BCUT2D eigenvalue weighted by molar-refractivity contribution is 7.90. The minimum absolute atomic E-state index is 0.278. The van der Waals surface area contributed by atoms with Crippen LogP contribution in [0, 0.1) is 5.92 Å². The number of ether oxygens (including phenoxy) is 1. The number of nitrogens with one attached hydrogen (secondary N) is 3. The summed E-state index contributed by atoms with van der Waals surface area (Å²) >= 11 is 6.52. The molecular formula is C26H39ClN6O3S. The molecule has 2 aromatic rings. The smallest absolute Gasteiger partial charge is 0.213 e. The van der Waals surface area contributed by atoms with Crippen molar-refractivity contribution in [3.8, 4) is 11.3 Å². The summed E-state index contributed by atoms with van der Waals surface area (Å²) in [7, 11) is -3.22. The standard InChI is InChI=1S/C26H39ClN6O3S/c1-18(2)37(34,35)31-15-19-6-8-20(9-7-19)32-25-14-21(22(27)16-29-25)23-4-3-5-24(33-23)30-17-26(28)10-12-36-13-11-26/h3-5,14,16,18-20,31H,6-13,15,17,28H2,1-2H3,(H,29,32)(H,30,33). The van der Waals surface area contributed by atoms with Gasteiger partial charge in [-0.2, -0.15) is 0 Å². The van der Waals surface area contributed by atoms with Crippen LogP contribution in [0.5, 0.6) is 0 Å². The van der Waals surface area contributed by atoms with Gasteiger partial charge in [0.05, 0.1) is 16.0 Å². The average Bonchev–Trinajstić information content (AvgIpc) is 2.89. The molecule has 1 aliphatic heterocycles. The summed E-state index contributed by atoms with van der Waals surface area (Å²) in [5.74, 6) is 1.86. The second kappa shape index (κ2) is 12.3. The molecule has 5 N–H and O–H groups in total. The molecule has 4 rings (SSSR count). The van der Waals surface area contributed by atoms with Crippen LogP contribution in [0.2, 0.25) is 5.02 Å². The minimum Gasteiger partial charge on any atom is -0.381 e. The van der Waals surface area contributed by atoms with Crippen molar-refractivity contribution >= 4 is 33.3 Å². The van der Waals surface area contributed by atoms with Crippen molar-refractivity contribution in [2.45, 2.75) is 69.2 Å². The maximum atomic E-state index is 12.0. The highest BCUT2D eigenvalue weighted by Gasteiger charge is 2.28. The van der Waals surface area contributed by atoms with Crippen molar-refractivity contribution in [3.05, 3.63) is 35.5 Å².